The summed E-state index contributed by atoms with van der Waals surface area (Å²) in [7, 11) is 0. The maximum atomic E-state index is 5.48. The van der Waals surface area contributed by atoms with Crippen molar-refractivity contribution < 1.29 is 9.47 Å². The number of fused-ring (bicyclic) bond motifs is 1. The Morgan fingerprint density at radius 3 is 2.79 bits per heavy atom. The third-order valence-corrected chi connectivity index (χ3v) is 5.42. The Labute approximate surface area is 211 Å². The Kier molecular flexibility index (Phi) is 9.35. The van der Waals surface area contributed by atoms with Crippen molar-refractivity contribution in [1.29, 1.82) is 0 Å². The van der Waals surface area contributed by atoms with Gasteiger partial charge in [-0.15, -0.1) is 34.2 Å². The summed E-state index contributed by atoms with van der Waals surface area (Å²) in [6, 6.07) is 16.6. The molecule has 1 aromatic heterocycles. The molecule has 9 heteroatoms. The SMILES string of the molecule is CCc1nncn1CCNC(=NCCc1ccc2c(c1)OCO2)NC(C)c1ccccc1.I. The van der Waals surface area contributed by atoms with Gasteiger partial charge in [-0.1, -0.05) is 43.3 Å². The lowest BCUT2D eigenvalue weighted by Crippen LogP contribution is -2.40. The van der Waals surface area contributed by atoms with Crippen LogP contribution < -0.4 is 20.1 Å². The van der Waals surface area contributed by atoms with Gasteiger partial charge < -0.3 is 24.7 Å². The largest absolute Gasteiger partial charge is 0.454 e. The summed E-state index contributed by atoms with van der Waals surface area (Å²) in [6.45, 7) is 6.67. The van der Waals surface area contributed by atoms with Gasteiger partial charge in [0, 0.05) is 26.1 Å². The van der Waals surface area contributed by atoms with Crippen LogP contribution in [0.1, 0.15) is 36.8 Å². The molecule has 8 nitrogen and oxygen atoms in total. The zero-order valence-corrected chi connectivity index (χ0v) is 21.4. The molecule has 0 saturated carbocycles. The van der Waals surface area contributed by atoms with E-state index in [0.29, 0.717) is 13.3 Å². The first-order valence-electron chi connectivity index (χ1n) is 11.1. The lowest BCUT2D eigenvalue weighted by Gasteiger charge is -2.19. The van der Waals surface area contributed by atoms with E-state index >= 15 is 0 Å². The van der Waals surface area contributed by atoms with Crippen LogP contribution in [0.2, 0.25) is 0 Å². The molecule has 1 unspecified atom stereocenters. The fraction of sp³-hybridized carbons (Fsp3) is 0.375. The van der Waals surface area contributed by atoms with Crippen LogP contribution in [-0.4, -0.2) is 40.6 Å². The topological polar surface area (TPSA) is 85.6 Å². The Morgan fingerprint density at radius 2 is 1.97 bits per heavy atom. The first-order valence-corrected chi connectivity index (χ1v) is 11.1. The maximum absolute atomic E-state index is 5.48. The zero-order valence-electron chi connectivity index (χ0n) is 19.0. The molecule has 2 heterocycles. The molecule has 176 valence electrons. The molecule has 0 fully saturated rings. The van der Waals surface area contributed by atoms with Gasteiger partial charge in [0.15, 0.2) is 17.5 Å². The summed E-state index contributed by atoms with van der Waals surface area (Å²) in [5, 5.41) is 15.1. The van der Waals surface area contributed by atoms with Crippen LogP contribution in [0.3, 0.4) is 0 Å². The van der Waals surface area contributed by atoms with E-state index in [2.05, 4.69) is 69.6 Å². The van der Waals surface area contributed by atoms with Gasteiger partial charge in [0.2, 0.25) is 6.79 Å². The van der Waals surface area contributed by atoms with Gasteiger partial charge in [-0.05, 0) is 36.6 Å². The Morgan fingerprint density at radius 1 is 1.15 bits per heavy atom. The second-order valence-electron chi connectivity index (χ2n) is 7.67. The molecule has 1 aliphatic heterocycles. The minimum absolute atomic E-state index is 0. The van der Waals surface area contributed by atoms with Crippen molar-refractivity contribution in [1.82, 2.24) is 25.4 Å². The average Bonchev–Trinajstić information content (AvgIpc) is 3.48. The smallest absolute Gasteiger partial charge is 0.231 e. The predicted octanol–water partition coefficient (Wildman–Crippen LogP) is 3.73. The number of halogens is 1. The molecular formula is C24H31IN6O2. The maximum Gasteiger partial charge on any atom is 0.231 e. The summed E-state index contributed by atoms with van der Waals surface area (Å²) in [5.41, 5.74) is 2.38. The van der Waals surface area contributed by atoms with Crippen molar-refractivity contribution >= 4 is 29.9 Å². The number of guanidine groups is 1. The highest BCUT2D eigenvalue weighted by Gasteiger charge is 2.13. The van der Waals surface area contributed by atoms with Gasteiger partial charge in [0.1, 0.15) is 12.2 Å². The van der Waals surface area contributed by atoms with E-state index in [-0.39, 0.29) is 30.0 Å². The number of ether oxygens (including phenoxy) is 2. The van der Waals surface area contributed by atoms with Crippen LogP contribution in [-0.2, 0) is 19.4 Å². The first-order chi connectivity index (χ1) is 15.7. The number of rotatable bonds is 9. The van der Waals surface area contributed by atoms with Crippen LogP contribution >= 0.6 is 24.0 Å². The molecule has 0 bridgehead atoms. The van der Waals surface area contributed by atoms with E-state index in [9.17, 15) is 0 Å². The van der Waals surface area contributed by atoms with E-state index in [4.69, 9.17) is 14.5 Å². The van der Waals surface area contributed by atoms with Gasteiger partial charge in [-0.3, -0.25) is 4.99 Å². The summed E-state index contributed by atoms with van der Waals surface area (Å²) >= 11 is 0. The van der Waals surface area contributed by atoms with Crippen LogP contribution in [0, 0.1) is 0 Å². The molecule has 0 radical (unpaired) electrons. The molecule has 0 saturated heterocycles. The number of nitrogens with zero attached hydrogens (tertiary/aromatic N) is 4. The fourth-order valence-electron chi connectivity index (χ4n) is 3.61. The van der Waals surface area contributed by atoms with Gasteiger partial charge in [0.05, 0.1) is 6.04 Å². The zero-order chi connectivity index (χ0) is 22.2. The molecule has 33 heavy (non-hydrogen) atoms. The molecular weight excluding hydrogens is 531 g/mol. The lowest BCUT2D eigenvalue weighted by atomic mass is 10.1. The van der Waals surface area contributed by atoms with Crippen LogP contribution in [0.25, 0.3) is 0 Å². The number of aromatic nitrogens is 3. The van der Waals surface area contributed by atoms with Gasteiger partial charge in [0.25, 0.3) is 0 Å². The molecule has 0 aliphatic carbocycles. The summed E-state index contributed by atoms with van der Waals surface area (Å²) in [4.78, 5) is 4.82. The highest BCUT2D eigenvalue weighted by molar-refractivity contribution is 14.0. The number of benzene rings is 2. The third-order valence-electron chi connectivity index (χ3n) is 5.42. The molecule has 1 aliphatic rings. The van der Waals surface area contributed by atoms with Crippen molar-refractivity contribution in [2.24, 2.45) is 4.99 Å². The van der Waals surface area contributed by atoms with Crippen molar-refractivity contribution in [3.63, 3.8) is 0 Å². The third kappa shape index (κ3) is 6.83. The summed E-state index contributed by atoms with van der Waals surface area (Å²) in [5.74, 6) is 3.38. The Hall–Kier alpha value is -2.82. The van der Waals surface area contributed by atoms with Gasteiger partial charge in [-0.25, -0.2) is 0 Å². The standard InChI is InChI=1S/C24H30N6O2.HI/c1-3-23-29-27-16-30(23)14-13-26-24(28-18(2)20-7-5-4-6-8-20)25-12-11-19-9-10-21-22(15-19)32-17-31-21;/h4-10,15-16,18H,3,11-14,17H2,1-2H3,(H2,25,26,28);1H. The van der Waals surface area contributed by atoms with E-state index in [0.717, 1.165) is 49.2 Å². The van der Waals surface area contributed by atoms with Crippen LogP contribution in [0.15, 0.2) is 59.9 Å². The van der Waals surface area contributed by atoms with Crippen molar-refractivity contribution in [3.8, 4) is 11.5 Å². The first kappa shape index (κ1) is 24.8. The number of aliphatic imine (C=N–C) groups is 1. The molecule has 2 N–H and O–H groups in total. The minimum atomic E-state index is 0. The molecule has 0 amide bonds. The molecule has 2 aromatic carbocycles. The lowest BCUT2D eigenvalue weighted by molar-refractivity contribution is 0.174. The summed E-state index contributed by atoms with van der Waals surface area (Å²) < 4.78 is 12.9. The van der Waals surface area contributed by atoms with Crippen molar-refractivity contribution in [3.05, 3.63) is 71.8 Å². The fourth-order valence-corrected chi connectivity index (χ4v) is 3.61. The van der Waals surface area contributed by atoms with Gasteiger partial charge in [-0.2, -0.15) is 0 Å². The van der Waals surface area contributed by atoms with E-state index in [1.807, 2.05) is 18.2 Å². The van der Waals surface area contributed by atoms with Crippen molar-refractivity contribution in [2.75, 3.05) is 19.9 Å². The van der Waals surface area contributed by atoms with Crippen LogP contribution in [0.4, 0.5) is 0 Å². The monoisotopic (exact) mass is 562 g/mol. The number of hydrogen-bond donors (Lipinski definition) is 2. The quantitative estimate of drug-likeness (QED) is 0.235. The highest BCUT2D eigenvalue weighted by Crippen LogP contribution is 2.32. The molecule has 3 aromatic rings. The second-order valence-corrected chi connectivity index (χ2v) is 7.67. The second kappa shape index (κ2) is 12.4. The average molecular weight is 562 g/mol. The highest BCUT2D eigenvalue weighted by atomic mass is 127. The normalized spacial score (nSPS) is 13.3. The van der Waals surface area contributed by atoms with E-state index in [1.54, 1.807) is 6.33 Å². The Balaban J connectivity index is 0.00000306. The van der Waals surface area contributed by atoms with Gasteiger partial charge >= 0.3 is 0 Å². The Bertz CT molecular complexity index is 1040. The summed E-state index contributed by atoms with van der Waals surface area (Å²) in [6.07, 6.45) is 3.45. The van der Waals surface area contributed by atoms with E-state index < -0.39 is 0 Å². The molecule has 4 rings (SSSR count). The van der Waals surface area contributed by atoms with Crippen molar-refractivity contribution in [2.45, 2.75) is 39.3 Å². The molecule has 1 atom stereocenters. The number of hydrogen-bond acceptors (Lipinski definition) is 5. The van der Waals surface area contributed by atoms with E-state index in [1.165, 1.54) is 11.1 Å². The number of aryl methyl sites for hydroxylation is 1. The molecule has 0 spiro atoms. The minimum Gasteiger partial charge on any atom is -0.454 e. The van der Waals surface area contributed by atoms with Crippen LogP contribution in [0.5, 0.6) is 11.5 Å². The predicted molar refractivity (Wildman–Crippen MR) is 139 cm³/mol. The number of nitrogens with one attached hydrogen (secondary N) is 2.